The van der Waals surface area contributed by atoms with Gasteiger partial charge in [-0.15, -0.1) is 0 Å². The topological polar surface area (TPSA) is 46.0 Å². The minimum atomic E-state index is 0.821. The van der Waals surface area contributed by atoms with E-state index >= 15 is 0 Å². The molecule has 0 unspecified atom stereocenters. The van der Waals surface area contributed by atoms with E-state index in [1.807, 2.05) is 41.9 Å². The second-order valence-corrected chi connectivity index (χ2v) is 3.50. The Hall–Kier alpha value is -2.10. The number of hydrogen-bond acceptors (Lipinski definition) is 2. The Morgan fingerprint density at radius 3 is 3.00 bits per heavy atom. The standard InChI is InChI=1S/C11H10N4/c1-8-6-12-11(14-8)10-9-4-2-3-5-15(9)7-13-10/h2-7H,1H3,(H,12,14). The van der Waals surface area contributed by atoms with Crippen molar-refractivity contribution in [1.29, 1.82) is 0 Å². The Morgan fingerprint density at radius 2 is 2.20 bits per heavy atom. The van der Waals surface area contributed by atoms with Gasteiger partial charge in [0.05, 0.1) is 5.52 Å². The van der Waals surface area contributed by atoms with Crippen LogP contribution in [0.1, 0.15) is 5.69 Å². The molecule has 0 bridgehead atoms. The third-order valence-corrected chi connectivity index (χ3v) is 2.37. The van der Waals surface area contributed by atoms with Gasteiger partial charge in [-0.2, -0.15) is 0 Å². The predicted molar refractivity (Wildman–Crippen MR) is 57.5 cm³/mol. The minimum absolute atomic E-state index is 0.821. The van der Waals surface area contributed by atoms with Crippen LogP contribution in [-0.2, 0) is 0 Å². The molecular formula is C11H10N4. The van der Waals surface area contributed by atoms with Crippen molar-refractivity contribution in [1.82, 2.24) is 19.4 Å². The lowest BCUT2D eigenvalue weighted by Gasteiger charge is -1.93. The summed E-state index contributed by atoms with van der Waals surface area (Å²) in [5.74, 6) is 0.821. The van der Waals surface area contributed by atoms with E-state index in [0.29, 0.717) is 0 Å². The first kappa shape index (κ1) is 8.23. The molecule has 0 atom stereocenters. The normalized spacial score (nSPS) is 11.0. The van der Waals surface area contributed by atoms with Crippen LogP contribution in [-0.4, -0.2) is 19.4 Å². The van der Waals surface area contributed by atoms with Gasteiger partial charge in [0.25, 0.3) is 0 Å². The molecule has 4 heteroatoms. The maximum absolute atomic E-state index is 4.35. The molecular weight excluding hydrogens is 188 g/mol. The first-order chi connectivity index (χ1) is 7.34. The first-order valence-electron chi connectivity index (χ1n) is 4.78. The SMILES string of the molecule is Cc1cnc(-c2ncn3ccccc23)[nH]1. The van der Waals surface area contributed by atoms with E-state index in [9.17, 15) is 0 Å². The quantitative estimate of drug-likeness (QED) is 0.650. The molecule has 74 valence electrons. The molecule has 4 nitrogen and oxygen atoms in total. The van der Waals surface area contributed by atoms with Crippen molar-refractivity contribution in [2.75, 3.05) is 0 Å². The largest absolute Gasteiger partial charge is 0.341 e. The van der Waals surface area contributed by atoms with Crippen LogP contribution in [0.5, 0.6) is 0 Å². The maximum atomic E-state index is 4.35. The average molecular weight is 198 g/mol. The van der Waals surface area contributed by atoms with E-state index in [1.165, 1.54) is 0 Å². The molecule has 0 amide bonds. The van der Waals surface area contributed by atoms with Crippen LogP contribution in [0.15, 0.2) is 36.9 Å². The maximum Gasteiger partial charge on any atom is 0.158 e. The van der Waals surface area contributed by atoms with E-state index in [2.05, 4.69) is 15.0 Å². The Morgan fingerprint density at radius 1 is 1.27 bits per heavy atom. The number of aromatic nitrogens is 4. The second kappa shape index (κ2) is 2.95. The highest BCUT2D eigenvalue weighted by molar-refractivity contribution is 5.72. The van der Waals surface area contributed by atoms with Crippen LogP contribution in [0.4, 0.5) is 0 Å². The Balaban J connectivity index is 2.27. The third-order valence-electron chi connectivity index (χ3n) is 2.37. The molecule has 0 aliphatic heterocycles. The van der Waals surface area contributed by atoms with Gasteiger partial charge in [-0.05, 0) is 19.1 Å². The molecule has 1 N–H and O–H groups in total. The van der Waals surface area contributed by atoms with Crippen molar-refractivity contribution in [3.05, 3.63) is 42.6 Å². The average Bonchev–Trinajstić information content (AvgIpc) is 2.83. The summed E-state index contributed by atoms with van der Waals surface area (Å²) in [6.07, 6.45) is 5.58. The monoisotopic (exact) mass is 198 g/mol. The summed E-state index contributed by atoms with van der Waals surface area (Å²) < 4.78 is 1.98. The summed E-state index contributed by atoms with van der Waals surface area (Å²) in [5, 5.41) is 0. The Bertz CT molecular complexity index is 606. The van der Waals surface area contributed by atoms with E-state index in [1.54, 1.807) is 6.33 Å². The van der Waals surface area contributed by atoms with Crippen molar-refractivity contribution >= 4 is 5.52 Å². The molecule has 0 aliphatic rings. The summed E-state index contributed by atoms with van der Waals surface area (Å²) in [5.41, 5.74) is 3.00. The molecule has 3 heterocycles. The number of H-pyrrole nitrogens is 1. The van der Waals surface area contributed by atoms with Crippen LogP contribution in [0.25, 0.3) is 17.0 Å². The zero-order valence-electron chi connectivity index (χ0n) is 8.31. The summed E-state index contributed by atoms with van der Waals surface area (Å²) in [4.78, 5) is 11.8. The predicted octanol–water partition coefficient (Wildman–Crippen LogP) is 2.03. The highest BCUT2D eigenvalue weighted by Crippen LogP contribution is 2.19. The van der Waals surface area contributed by atoms with E-state index in [4.69, 9.17) is 0 Å². The number of nitrogens with zero attached hydrogens (tertiary/aromatic N) is 3. The fourth-order valence-corrected chi connectivity index (χ4v) is 1.66. The fraction of sp³-hybridized carbons (Fsp3) is 0.0909. The molecule has 0 radical (unpaired) electrons. The first-order valence-corrected chi connectivity index (χ1v) is 4.78. The molecule has 3 rings (SSSR count). The Kier molecular flexibility index (Phi) is 1.62. The highest BCUT2D eigenvalue weighted by atomic mass is 15.0. The lowest BCUT2D eigenvalue weighted by atomic mass is 10.3. The van der Waals surface area contributed by atoms with Crippen molar-refractivity contribution < 1.29 is 0 Å². The number of fused-ring (bicyclic) bond motifs is 1. The number of aryl methyl sites for hydroxylation is 1. The second-order valence-electron chi connectivity index (χ2n) is 3.50. The summed E-state index contributed by atoms with van der Waals surface area (Å²) in [6, 6.07) is 6.00. The molecule has 15 heavy (non-hydrogen) atoms. The van der Waals surface area contributed by atoms with Gasteiger partial charge in [0.2, 0.25) is 0 Å². The molecule has 0 saturated heterocycles. The van der Waals surface area contributed by atoms with Gasteiger partial charge in [0, 0.05) is 18.1 Å². The smallest absolute Gasteiger partial charge is 0.158 e. The van der Waals surface area contributed by atoms with Gasteiger partial charge in [0.15, 0.2) is 5.82 Å². The number of nitrogens with one attached hydrogen (secondary N) is 1. The van der Waals surface area contributed by atoms with Gasteiger partial charge in [-0.1, -0.05) is 6.07 Å². The van der Waals surface area contributed by atoms with Gasteiger partial charge in [-0.3, -0.25) is 0 Å². The van der Waals surface area contributed by atoms with Crippen LogP contribution in [0.3, 0.4) is 0 Å². The van der Waals surface area contributed by atoms with Crippen LogP contribution >= 0.6 is 0 Å². The molecule has 0 spiro atoms. The number of pyridine rings is 1. The van der Waals surface area contributed by atoms with Gasteiger partial charge in [0.1, 0.15) is 12.0 Å². The zero-order valence-corrected chi connectivity index (χ0v) is 8.31. The summed E-state index contributed by atoms with van der Waals surface area (Å²) in [6.45, 7) is 1.98. The lowest BCUT2D eigenvalue weighted by Crippen LogP contribution is -1.83. The zero-order chi connectivity index (χ0) is 10.3. The molecule has 0 aliphatic carbocycles. The Labute approximate surface area is 86.6 Å². The van der Waals surface area contributed by atoms with E-state index in [0.717, 1.165) is 22.7 Å². The van der Waals surface area contributed by atoms with Crippen LogP contribution < -0.4 is 0 Å². The van der Waals surface area contributed by atoms with Gasteiger partial charge >= 0.3 is 0 Å². The summed E-state index contributed by atoms with van der Waals surface area (Å²) in [7, 11) is 0. The van der Waals surface area contributed by atoms with Gasteiger partial charge < -0.3 is 9.38 Å². The van der Waals surface area contributed by atoms with Crippen molar-refractivity contribution in [2.24, 2.45) is 0 Å². The molecule has 3 aromatic rings. The summed E-state index contributed by atoms with van der Waals surface area (Å²) >= 11 is 0. The van der Waals surface area contributed by atoms with Crippen molar-refractivity contribution in [3.8, 4) is 11.5 Å². The minimum Gasteiger partial charge on any atom is -0.341 e. The van der Waals surface area contributed by atoms with Crippen molar-refractivity contribution in [2.45, 2.75) is 6.92 Å². The fourth-order valence-electron chi connectivity index (χ4n) is 1.66. The van der Waals surface area contributed by atoms with Crippen LogP contribution in [0, 0.1) is 6.92 Å². The van der Waals surface area contributed by atoms with Crippen molar-refractivity contribution in [3.63, 3.8) is 0 Å². The molecule has 0 fully saturated rings. The number of hydrogen-bond donors (Lipinski definition) is 1. The van der Waals surface area contributed by atoms with Gasteiger partial charge in [-0.25, -0.2) is 9.97 Å². The molecule has 3 aromatic heterocycles. The molecule has 0 saturated carbocycles. The highest BCUT2D eigenvalue weighted by Gasteiger charge is 2.08. The lowest BCUT2D eigenvalue weighted by molar-refractivity contribution is 1.15. The van der Waals surface area contributed by atoms with E-state index in [-0.39, 0.29) is 0 Å². The number of aromatic amines is 1. The number of imidazole rings is 2. The third kappa shape index (κ3) is 1.22. The van der Waals surface area contributed by atoms with E-state index < -0.39 is 0 Å². The molecule has 0 aromatic carbocycles. The number of rotatable bonds is 1. The van der Waals surface area contributed by atoms with Crippen LogP contribution in [0.2, 0.25) is 0 Å².